The summed E-state index contributed by atoms with van der Waals surface area (Å²) in [4.78, 5) is 12.3. The number of ether oxygens (including phenoxy) is 1. The molecule has 3 rings (SSSR count). The fourth-order valence-electron chi connectivity index (χ4n) is 2.49. The number of anilines is 1. The summed E-state index contributed by atoms with van der Waals surface area (Å²) in [5.41, 5.74) is 1.72. The third-order valence-corrected chi connectivity index (χ3v) is 3.40. The van der Waals surface area contributed by atoms with Gasteiger partial charge < -0.3 is 15.2 Å². The third-order valence-electron chi connectivity index (χ3n) is 3.40. The van der Waals surface area contributed by atoms with Crippen LogP contribution in [0.3, 0.4) is 0 Å². The van der Waals surface area contributed by atoms with E-state index < -0.39 is 12.0 Å². The van der Waals surface area contributed by atoms with Crippen LogP contribution in [0.15, 0.2) is 35.5 Å². The molecule has 0 radical (unpaired) electrons. The summed E-state index contributed by atoms with van der Waals surface area (Å²) >= 11 is 0. The van der Waals surface area contributed by atoms with Gasteiger partial charge in [0.25, 0.3) is 0 Å². The highest BCUT2D eigenvalue weighted by molar-refractivity contribution is 5.92. The van der Waals surface area contributed by atoms with Gasteiger partial charge >= 0.3 is 5.97 Å². The molecule has 114 valence electrons. The maximum Gasteiger partial charge on any atom is 0.338 e. The highest BCUT2D eigenvalue weighted by Crippen LogP contribution is 2.35. The first-order valence-corrected chi connectivity index (χ1v) is 6.83. The molecule has 1 aromatic heterocycles. The number of nitrogens with one attached hydrogen (secondary N) is 1. The molecule has 8 nitrogen and oxygen atoms in total. The molecule has 2 aromatic rings. The van der Waals surface area contributed by atoms with Crippen LogP contribution in [0.2, 0.25) is 0 Å². The molecule has 1 aliphatic rings. The molecular weight excluding hydrogens is 286 g/mol. The first-order chi connectivity index (χ1) is 10.6. The number of carbonyl (C=O) groups is 1. The van der Waals surface area contributed by atoms with Crippen LogP contribution >= 0.6 is 0 Å². The van der Waals surface area contributed by atoms with E-state index in [9.17, 15) is 9.90 Å². The van der Waals surface area contributed by atoms with E-state index >= 15 is 0 Å². The first kappa shape index (κ1) is 14.1. The van der Waals surface area contributed by atoms with Crippen molar-refractivity contribution in [2.24, 2.45) is 0 Å². The Morgan fingerprint density at radius 1 is 1.50 bits per heavy atom. The van der Waals surface area contributed by atoms with Gasteiger partial charge in [0, 0.05) is 5.70 Å². The normalized spacial score (nSPS) is 16.9. The van der Waals surface area contributed by atoms with Crippen LogP contribution in [0.1, 0.15) is 25.5 Å². The van der Waals surface area contributed by atoms with Crippen molar-refractivity contribution in [3.05, 3.63) is 41.1 Å². The Hall–Kier alpha value is -2.90. The second-order valence-electron chi connectivity index (χ2n) is 4.83. The molecule has 0 bridgehead atoms. The molecule has 1 aliphatic heterocycles. The van der Waals surface area contributed by atoms with Crippen molar-refractivity contribution in [2.75, 3.05) is 11.9 Å². The van der Waals surface area contributed by atoms with E-state index in [1.54, 1.807) is 38.1 Å². The predicted molar refractivity (Wildman–Crippen MR) is 77.0 cm³/mol. The largest absolute Gasteiger partial charge is 0.508 e. The average Bonchev–Trinajstić information content (AvgIpc) is 2.93. The summed E-state index contributed by atoms with van der Waals surface area (Å²) in [7, 11) is 0. The number of nitrogens with zero attached hydrogens (tertiary/aromatic N) is 4. The summed E-state index contributed by atoms with van der Waals surface area (Å²) in [5, 5.41) is 24.2. The number of carbonyl (C=O) groups excluding carboxylic acids is 1. The maximum absolute atomic E-state index is 12.3. The van der Waals surface area contributed by atoms with Gasteiger partial charge in [0.1, 0.15) is 11.8 Å². The summed E-state index contributed by atoms with van der Waals surface area (Å²) in [5.74, 6) is 0.0902. The number of rotatable bonds is 3. The number of hydrogen-bond acceptors (Lipinski definition) is 7. The molecule has 2 N–H and O–H groups in total. The van der Waals surface area contributed by atoms with Crippen molar-refractivity contribution in [1.29, 1.82) is 0 Å². The molecule has 0 spiro atoms. The number of aromatic hydroxyl groups is 1. The van der Waals surface area contributed by atoms with Gasteiger partial charge in [-0.05, 0) is 42.0 Å². The number of phenols is 1. The van der Waals surface area contributed by atoms with Crippen LogP contribution in [0.25, 0.3) is 0 Å². The van der Waals surface area contributed by atoms with E-state index in [0.29, 0.717) is 22.8 Å². The van der Waals surface area contributed by atoms with Crippen molar-refractivity contribution in [1.82, 2.24) is 20.2 Å². The van der Waals surface area contributed by atoms with Gasteiger partial charge in [-0.1, -0.05) is 17.2 Å². The minimum atomic E-state index is -0.558. The topological polar surface area (TPSA) is 102 Å². The van der Waals surface area contributed by atoms with E-state index in [0.717, 1.165) is 0 Å². The number of hydrogen-bond donors (Lipinski definition) is 2. The Morgan fingerprint density at radius 3 is 3.05 bits per heavy atom. The SMILES string of the molecule is CCOC(=O)C1=C(C)Nc2nnnn2[C@@H]1c1cccc(O)c1. The quantitative estimate of drug-likeness (QED) is 0.822. The third kappa shape index (κ3) is 2.28. The van der Waals surface area contributed by atoms with Gasteiger partial charge in [-0.25, -0.2) is 4.79 Å². The standard InChI is InChI=1S/C14H15N5O3/c1-3-22-13(21)11-8(2)15-14-16-17-18-19(14)12(11)9-5-4-6-10(20)7-9/h4-7,12,20H,3H2,1-2H3,(H,15,16,18)/t12-/m1/s1. The summed E-state index contributed by atoms with van der Waals surface area (Å²) in [6.45, 7) is 3.78. The first-order valence-electron chi connectivity index (χ1n) is 6.83. The van der Waals surface area contributed by atoms with Crippen LogP contribution in [-0.4, -0.2) is 37.9 Å². The van der Waals surface area contributed by atoms with E-state index in [2.05, 4.69) is 20.8 Å². The van der Waals surface area contributed by atoms with Gasteiger partial charge in [0.15, 0.2) is 0 Å². The number of esters is 1. The molecule has 8 heteroatoms. The monoisotopic (exact) mass is 301 g/mol. The minimum absolute atomic E-state index is 0.103. The van der Waals surface area contributed by atoms with Crippen LogP contribution in [0, 0.1) is 0 Å². The number of phenolic OH excluding ortho intramolecular Hbond substituents is 1. The number of allylic oxidation sites excluding steroid dienone is 1. The predicted octanol–water partition coefficient (Wildman–Crippen LogP) is 1.23. The van der Waals surface area contributed by atoms with Crippen LogP contribution in [-0.2, 0) is 9.53 Å². The van der Waals surface area contributed by atoms with Crippen molar-refractivity contribution < 1.29 is 14.6 Å². The zero-order chi connectivity index (χ0) is 15.7. The van der Waals surface area contributed by atoms with Crippen molar-refractivity contribution >= 4 is 11.9 Å². The Labute approximate surface area is 126 Å². The summed E-state index contributed by atoms with van der Waals surface area (Å²) in [6.07, 6.45) is 0. The van der Waals surface area contributed by atoms with E-state index in [4.69, 9.17) is 4.74 Å². The van der Waals surface area contributed by atoms with Gasteiger partial charge in [0.05, 0.1) is 12.2 Å². The molecule has 0 saturated carbocycles. The second kappa shape index (κ2) is 5.47. The zero-order valence-corrected chi connectivity index (χ0v) is 12.1. The van der Waals surface area contributed by atoms with Gasteiger partial charge in [-0.15, -0.1) is 0 Å². The van der Waals surface area contributed by atoms with Crippen molar-refractivity contribution in [3.8, 4) is 5.75 Å². The average molecular weight is 301 g/mol. The molecule has 0 amide bonds. The second-order valence-corrected chi connectivity index (χ2v) is 4.83. The molecule has 1 aromatic carbocycles. The Morgan fingerprint density at radius 2 is 2.32 bits per heavy atom. The molecule has 1 atom stereocenters. The lowest BCUT2D eigenvalue weighted by molar-refractivity contribution is -0.139. The highest BCUT2D eigenvalue weighted by atomic mass is 16.5. The molecular formula is C14H15N5O3. The van der Waals surface area contributed by atoms with Gasteiger partial charge in [-0.3, -0.25) is 0 Å². The zero-order valence-electron chi connectivity index (χ0n) is 12.1. The lowest BCUT2D eigenvalue weighted by Crippen LogP contribution is -2.29. The minimum Gasteiger partial charge on any atom is -0.508 e. The van der Waals surface area contributed by atoms with Crippen LogP contribution < -0.4 is 5.32 Å². The lowest BCUT2D eigenvalue weighted by Gasteiger charge is -2.27. The van der Waals surface area contributed by atoms with E-state index in [1.165, 1.54) is 4.68 Å². The Bertz CT molecular complexity index is 752. The van der Waals surface area contributed by atoms with Gasteiger partial charge in [-0.2, -0.15) is 4.68 Å². The number of benzene rings is 1. The molecule has 0 saturated heterocycles. The van der Waals surface area contributed by atoms with Crippen LogP contribution in [0.5, 0.6) is 5.75 Å². The number of fused-ring (bicyclic) bond motifs is 1. The maximum atomic E-state index is 12.3. The fraction of sp³-hybridized carbons (Fsp3) is 0.286. The Kier molecular flexibility index (Phi) is 3.50. The van der Waals surface area contributed by atoms with Crippen molar-refractivity contribution in [2.45, 2.75) is 19.9 Å². The highest BCUT2D eigenvalue weighted by Gasteiger charge is 2.34. The van der Waals surface area contributed by atoms with E-state index in [1.807, 2.05) is 0 Å². The number of tetrazole rings is 1. The van der Waals surface area contributed by atoms with E-state index in [-0.39, 0.29) is 12.4 Å². The van der Waals surface area contributed by atoms with Crippen molar-refractivity contribution in [3.63, 3.8) is 0 Å². The lowest BCUT2D eigenvalue weighted by atomic mass is 9.95. The fourth-order valence-corrected chi connectivity index (χ4v) is 2.49. The van der Waals surface area contributed by atoms with Gasteiger partial charge in [0.2, 0.25) is 5.95 Å². The van der Waals surface area contributed by atoms with Crippen LogP contribution in [0.4, 0.5) is 5.95 Å². The molecule has 0 fully saturated rings. The molecule has 22 heavy (non-hydrogen) atoms. The Balaban J connectivity index is 2.15. The molecule has 2 heterocycles. The summed E-state index contributed by atoms with van der Waals surface area (Å²) in [6, 6.07) is 6.08. The smallest absolute Gasteiger partial charge is 0.338 e. The summed E-state index contributed by atoms with van der Waals surface area (Å²) < 4.78 is 6.64. The molecule has 0 unspecified atom stereocenters. The molecule has 0 aliphatic carbocycles. The number of aromatic nitrogens is 4.